The maximum absolute atomic E-state index is 14.5. The second-order valence-corrected chi connectivity index (χ2v) is 7.14. The standard InChI is InChI=1S/C22H25FO3/c1-4-5-15-6-8-16(9-7-15)13(2)19-12-17-10-11-18(14(3)24)20(23)21(17)26-22(19)25/h6-11,13-14,19,24H,4-5,12H2,1-3H3. The fraction of sp³-hybridized carbons (Fsp3) is 0.409. The normalized spacial score (nSPS) is 18.8. The third-order valence-corrected chi connectivity index (χ3v) is 5.25. The van der Waals surface area contributed by atoms with Crippen LogP contribution < -0.4 is 4.74 Å². The molecule has 0 saturated carbocycles. The minimum atomic E-state index is -0.947. The molecule has 3 nitrogen and oxygen atoms in total. The molecule has 0 bridgehead atoms. The number of aryl methyl sites for hydroxylation is 1. The summed E-state index contributed by atoms with van der Waals surface area (Å²) in [5.41, 5.74) is 3.18. The smallest absolute Gasteiger partial charge is 0.315 e. The van der Waals surface area contributed by atoms with Crippen molar-refractivity contribution in [1.29, 1.82) is 0 Å². The van der Waals surface area contributed by atoms with Crippen molar-refractivity contribution in [3.05, 3.63) is 64.5 Å². The van der Waals surface area contributed by atoms with E-state index in [9.17, 15) is 14.3 Å². The zero-order valence-corrected chi connectivity index (χ0v) is 15.5. The number of halogens is 1. The number of ether oxygens (including phenoxy) is 1. The second-order valence-electron chi connectivity index (χ2n) is 7.14. The first-order valence-corrected chi connectivity index (χ1v) is 9.22. The van der Waals surface area contributed by atoms with Gasteiger partial charge in [0.25, 0.3) is 0 Å². The lowest BCUT2D eigenvalue weighted by atomic mass is 9.81. The van der Waals surface area contributed by atoms with E-state index in [-0.39, 0.29) is 23.1 Å². The van der Waals surface area contributed by atoms with Crippen molar-refractivity contribution in [2.75, 3.05) is 0 Å². The molecule has 138 valence electrons. The number of carbonyl (C=O) groups is 1. The summed E-state index contributed by atoms with van der Waals surface area (Å²) < 4.78 is 19.9. The summed E-state index contributed by atoms with van der Waals surface area (Å²) in [7, 11) is 0. The molecular formula is C22H25FO3. The molecule has 0 saturated heterocycles. The molecule has 2 aromatic rings. The first-order valence-electron chi connectivity index (χ1n) is 9.22. The van der Waals surface area contributed by atoms with Gasteiger partial charge in [-0.3, -0.25) is 4.79 Å². The molecule has 0 aromatic heterocycles. The number of benzene rings is 2. The molecule has 0 amide bonds. The third kappa shape index (κ3) is 3.51. The Morgan fingerprint density at radius 1 is 1.19 bits per heavy atom. The Kier molecular flexibility index (Phi) is 5.42. The number of aliphatic hydroxyl groups excluding tert-OH is 1. The minimum absolute atomic E-state index is 0.0224. The lowest BCUT2D eigenvalue weighted by Crippen LogP contribution is -2.32. The predicted molar refractivity (Wildman–Crippen MR) is 98.7 cm³/mol. The van der Waals surface area contributed by atoms with E-state index < -0.39 is 17.9 Å². The van der Waals surface area contributed by atoms with Gasteiger partial charge in [-0.1, -0.05) is 56.7 Å². The monoisotopic (exact) mass is 356 g/mol. The number of rotatable bonds is 5. The average molecular weight is 356 g/mol. The minimum Gasteiger partial charge on any atom is -0.423 e. The SMILES string of the molecule is CCCc1ccc(C(C)C2Cc3ccc(C(C)O)c(F)c3OC2=O)cc1. The van der Waals surface area contributed by atoms with E-state index in [0.717, 1.165) is 18.4 Å². The van der Waals surface area contributed by atoms with Crippen LogP contribution in [0.25, 0.3) is 0 Å². The van der Waals surface area contributed by atoms with Gasteiger partial charge >= 0.3 is 5.97 Å². The molecule has 1 aliphatic rings. The van der Waals surface area contributed by atoms with Crippen LogP contribution in [0.2, 0.25) is 0 Å². The molecule has 4 heteroatoms. The molecule has 1 N–H and O–H groups in total. The number of esters is 1. The van der Waals surface area contributed by atoms with Crippen LogP contribution in [0.3, 0.4) is 0 Å². The second kappa shape index (κ2) is 7.58. The van der Waals surface area contributed by atoms with Crippen LogP contribution in [0.1, 0.15) is 61.5 Å². The van der Waals surface area contributed by atoms with Crippen LogP contribution in [0.15, 0.2) is 36.4 Å². The summed E-state index contributed by atoms with van der Waals surface area (Å²) >= 11 is 0. The van der Waals surface area contributed by atoms with Crippen molar-refractivity contribution in [2.45, 2.75) is 52.1 Å². The van der Waals surface area contributed by atoms with Crippen LogP contribution in [-0.2, 0) is 17.6 Å². The van der Waals surface area contributed by atoms with E-state index >= 15 is 0 Å². The number of fused-ring (bicyclic) bond motifs is 1. The number of hydrogen-bond donors (Lipinski definition) is 1. The van der Waals surface area contributed by atoms with Crippen LogP contribution in [0.4, 0.5) is 4.39 Å². The maximum Gasteiger partial charge on any atom is 0.315 e. The summed E-state index contributed by atoms with van der Waals surface area (Å²) in [6, 6.07) is 11.7. The van der Waals surface area contributed by atoms with Crippen molar-refractivity contribution in [3.63, 3.8) is 0 Å². The molecule has 3 unspecified atom stereocenters. The highest BCUT2D eigenvalue weighted by Crippen LogP contribution is 2.39. The lowest BCUT2D eigenvalue weighted by molar-refractivity contribution is -0.141. The van der Waals surface area contributed by atoms with Crippen molar-refractivity contribution < 1.29 is 19.0 Å². The third-order valence-electron chi connectivity index (χ3n) is 5.25. The van der Waals surface area contributed by atoms with Gasteiger partial charge in [-0.15, -0.1) is 0 Å². The highest BCUT2D eigenvalue weighted by atomic mass is 19.1. The Balaban J connectivity index is 1.84. The Bertz CT molecular complexity index is 796. The van der Waals surface area contributed by atoms with Gasteiger partial charge in [-0.05, 0) is 42.4 Å². The zero-order valence-electron chi connectivity index (χ0n) is 15.5. The number of aliphatic hydroxyl groups is 1. The first kappa shape index (κ1) is 18.6. The molecule has 26 heavy (non-hydrogen) atoms. The van der Waals surface area contributed by atoms with Gasteiger partial charge in [0.1, 0.15) is 0 Å². The molecule has 2 aromatic carbocycles. The van der Waals surface area contributed by atoms with Gasteiger partial charge in [0.15, 0.2) is 11.6 Å². The predicted octanol–water partition coefficient (Wildman–Crippen LogP) is 4.71. The van der Waals surface area contributed by atoms with Gasteiger partial charge in [0, 0.05) is 5.56 Å². The van der Waals surface area contributed by atoms with Crippen molar-refractivity contribution in [2.24, 2.45) is 5.92 Å². The quantitative estimate of drug-likeness (QED) is 0.623. The van der Waals surface area contributed by atoms with Crippen LogP contribution in [-0.4, -0.2) is 11.1 Å². The van der Waals surface area contributed by atoms with Gasteiger partial charge in [0.2, 0.25) is 0 Å². The largest absolute Gasteiger partial charge is 0.423 e. The van der Waals surface area contributed by atoms with E-state index in [0.29, 0.717) is 12.0 Å². The molecule has 0 fully saturated rings. The first-order chi connectivity index (χ1) is 12.4. The zero-order chi connectivity index (χ0) is 18.8. The van der Waals surface area contributed by atoms with Gasteiger partial charge < -0.3 is 9.84 Å². The van der Waals surface area contributed by atoms with E-state index in [1.165, 1.54) is 12.5 Å². The van der Waals surface area contributed by atoms with E-state index in [2.05, 4.69) is 31.2 Å². The Hall–Kier alpha value is -2.20. The highest BCUT2D eigenvalue weighted by Gasteiger charge is 2.35. The van der Waals surface area contributed by atoms with E-state index in [1.807, 2.05) is 6.92 Å². The lowest BCUT2D eigenvalue weighted by Gasteiger charge is -2.29. The van der Waals surface area contributed by atoms with Crippen molar-refractivity contribution >= 4 is 5.97 Å². The molecule has 1 aliphatic heterocycles. The van der Waals surface area contributed by atoms with Gasteiger partial charge in [-0.25, -0.2) is 4.39 Å². The van der Waals surface area contributed by atoms with E-state index in [4.69, 9.17) is 4.74 Å². The van der Waals surface area contributed by atoms with Crippen LogP contribution in [0.5, 0.6) is 5.75 Å². The fourth-order valence-corrected chi connectivity index (χ4v) is 3.59. The summed E-state index contributed by atoms with van der Waals surface area (Å²) in [5, 5.41) is 9.64. The molecule has 1 heterocycles. The van der Waals surface area contributed by atoms with Crippen LogP contribution in [0, 0.1) is 11.7 Å². The molecule has 0 aliphatic carbocycles. The Morgan fingerprint density at radius 3 is 2.50 bits per heavy atom. The van der Waals surface area contributed by atoms with Gasteiger partial charge in [0.05, 0.1) is 12.0 Å². The Morgan fingerprint density at radius 2 is 1.88 bits per heavy atom. The van der Waals surface area contributed by atoms with Crippen molar-refractivity contribution in [1.82, 2.24) is 0 Å². The van der Waals surface area contributed by atoms with Crippen molar-refractivity contribution in [3.8, 4) is 5.75 Å². The number of carbonyl (C=O) groups excluding carboxylic acids is 1. The topological polar surface area (TPSA) is 46.5 Å². The summed E-state index contributed by atoms with van der Waals surface area (Å²) in [5.74, 6) is -1.46. The molecule has 3 atom stereocenters. The van der Waals surface area contributed by atoms with E-state index in [1.54, 1.807) is 12.1 Å². The highest BCUT2D eigenvalue weighted by molar-refractivity contribution is 5.79. The fourth-order valence-electron chi connectivity index (χ4n) is 3.59. The average Bonchev–Trinajstić information content (AvgIpc) is 2.62. The number of hydrogen-bond acceptors (Lipinski definition) is 3. The molecule has 3 rings (SSSR count). The summed E-state index contributed by atoms with van der Waals surface area (Å²) in [4.78, 5) is 12.5. The Labute approximate surface area is 153 Å². The maximum atomic E-state index is 14.5. The molecular weight excluding hydrogens is 331 g/mol. The summed E-state index contributed by atoms with van der Waals surface area (Å²) in [6.45, 7) is 5.64. The van der Waals surface area contributed by atoms with Crippen LogP contribution >= 0.6 is 0 Å². The summed E-state index contributed by atoms with van der Waals surface area (Å²) in [6.07, 6.45) is 1.62. The van der Waals surface area contributed by atoms with Gasteiger partial charge in [-0.2, -0.15) is 0 Å². The molecule has 0 radical (unpaired) electrons. The molecule has 0 spiro atoms.